The van der Waals surface area contributed by atoms with E-state index in [9.17, 15) is 31.9 Å². The number of nitrogens with zero attached hydrogens (tertiary/aromatic N) is 2. The number of alkyl halides is 5. The standard InChI is InChI=1S/C28H35ClF5N3O3.O2S/c1-3-37-24(22(29)23(36-37)25(38)35-15-17-6-4-16(2)5-7-17)20-9-8-19(14-21(20)40-26(30)31)27(39)12-10-18(11-13-27)28(32,33)34;1-3-2/h8-9,14,16-18,26,39H,3-7,10-13,15H2,1-2H3,(H,35,38);. The molecule has 0 bridgehead atoms. The molecule has 2 aliphatic rings. The monoisotopic (exact) mass is 655 g/mol. The summed E-state index contributed by atoms with van der Waals surface area (Å²) in [5.41, 5.74) is -1.19. The Morgan fingerprint density at radius 1 is 1.19 bits per heavy atom. The molecule has 0 unspecified atom stereocenters. The second-order valence-corrected chi connectivity index (χ2v) is 11.7. The molecular weight excluding hydrogens is 621 g/mol. The SMILES string of the molecule is CCn1nc(C(=O)NCC2CCC(C)CC2)c(Cl)c1-c1ccc(C2(O)CCC(C(F)(F)F)CC2)cc1OC(F)F.O=S=O. The molecule has 1 aromatic carbocycles. The zero-order valence-electron chi connectivity index (χ0n) is 23.8. The van der Waals surface area contributed by atoms with Gasteiger partial charge in [0.1, 0.15) is 5.75 Å². The summed E-state index contributed by atoms with van der Waals surface area (Å²) in [6.07, 6.45) is -1.01. The lowest BCUT2D eigenvalue weighted by atomic mass is 9.75. The highest BCUT2D eigenvalue weighted by Crippen LogP contribution is 2.47. The van der Waals surface area contributed by atoms with Crippen molar-refractivity contribution in [3.8, 4) is 17.0 Å². The summed E-state index contributed by atoms with van der Waals surface area (Å²) in [6.45, 7) is 1.49. The van der Waals surface area contributed by atoms with Crippen LogP contribution in [0.25, 0.3) is 11.3 Å². The highest BCUT2D eigenvalue weighted by Gasteiger charge is 2.46. The first-order valence-electron chi connectivity index (χ1n) is 14.1. The lowest BCUT2D eigenvalue weighted by Gasteiger charge is -2.37. The summed E-state index contributed by atoms with van der Waals surface area (Å²) in [7, 11) is 0. The van der Waals surface area contributed by atoms with Gasteiger partial charge in [-0.05, 0) is 75.0 Å². The number of aliphatic hydroxyl groups is 1. The third-order valence-electron chi connectivity index (χ3n) is 8.36. The average Bonchev–Trinajstić information content (AvgIpc) is 3.28. The number of aromatic nitrogens is 2. The molecule has 0 aliphatic heterocycles. The quantitative estimate of drug-likeness (QED) is 0.308. The fraction of sp³-hybridized carbons (Fsp3) is 0.643. The van der Waals surface area contributed by atoms with Gasteiger partial charge >= 0.3 is 24.4 Å². The molecule has 8 nitrogen and oxygen atoms in total. The van der Waals surface area contributed by atoms with E-state index in [1.165, 1.54) is 22.9 Å². The lowest BCUT2D eigenvalue weighted by Crippen LogP contribution is -2.36. The molecule has 1 aromatic heterocycles. The molecule has 1 heterocycles. The van der Waals surface area contributed by atoms with Crippen LogP contribution in [-0.2, 0) is 23.7 Å². The summed E-state index contributed by atoms with van der Waals surface area (Å²) in [6, 6.07) is 4.10. The van der Waals surface area contributed by atoms with Gasteiger partial charge < -0.3 is 15.2 Å². The van der Waals surface area contributed by atoms with Crippen molar-refractivity contribution in [2.24, 2.45) is 17.8 Å². The topological polar surface area (TPSA) is 111 Å². The second-order valence-electron chi connectivity index (χ2n) is 11.2. The summed E-state index contributed by atoms with van der Waals surface area (Å²) < 4.78 is 89.1. The van der Waals surface area contributed by atoms with Gasteiger partial charge in [-0.25, -0.2) is 0 Å². The molecule has 0 saturated heterocycles. The maximum atomic E-state index is 13.5. The number of ether oxygens (including phenoxy) is 1. The van der Waals surface area contributed by atoms with Crippen molar-refractivity contribution in [3.63, 3.8) is 0 Å². The minimum atomic E-state index is -4.36. The van der Waals surface area contributed by atoms with Gasteiger partial charge in [-0.3, -0.25) is 9.48 Å². The number of carbonyl (C=O) groups is 1. The molecule has 15 heteroatoms. The van der Waals surface area contributed by atoms with E-state index in [4.69, 9.17) is 24.8 Å². The van der Waals surface area contributed by atoms with Crippen LogP contribution in [0.15, 0.2) is 18.2 Å². The summed E-state index contributed by atoms with van der Waals surface area (Å²) in [5.74, 6) is -1.27. The maximum Gasteiger partial charge on any atom is 0.391 e. The van der Waals surface area contributed by atoms with Crippen molar-refractivity contribution in [1.82, 2.24) is 15.1 Å². The summed E-state index contributed by atoms with van der Waals surface area (Å²) in [5, 5.41) is 18.3. The number of amides is 1. The number of hydrogen-bond donors (Lipinski definition) is 2. The van der Waals surface area contributed by atoms with Crippen LogP contribution in [0.2, 0.25) is 5.02 Å². The fourth-order valence-electron chi connectivity index (χ4n) is 5.84. The molecule has 4 rings (SSSR count). The van der Waals surface area contributed by atoms with Gasteiger partial charge in [-0.15, -0.1) is 0 Å². The first-order chi connectivity index (χ1) is 20.2. The molecule has 0 spiro atoms. The van der Waals surface area contributed by atoms with Crippen LogP contribution >= 0.6 is 11.6 Å². The van der Waals surface area contributed by atoms with Crippen LogP contribution in [-0.4, -0.2) is 48.5 Å². The Morgan fingerprint density at radius 3 is 2.33 bits per heavy atom. The molecule has 2 fully saturated rings. The van der Waals surface area contributed by atoms with Gasteiger partial charge in [0.2, 0.25) is 0 Å². The van der Waals surface area contributed by atoms with Crippen molar-refractivity contribution in [2.45, 2.75) is 90.1 Å². The van der Waals surface area contributed by atoms with Gasteiger partial charge in [0.05, 0.1) is 22.2 Å². The third-order valence-corrected chi connectivity index (χ3v) is 8.72. The average molecular weight is 656 g/mol. The highest BCUT2D eigenvalue weighted by molar-refractivity contribution is 7.51. The van der Waals surface area contributed by atoms with E-state index in [2.05, 4.69) is 17.3 Å². The van der Waals surface area contributed by atoms with E-state index >= 15 is 0 Å². The van der Waals surface area contributed by atoms with E-state index in [1.807, 2.05) is 0 Å². The van der Waals surface area contributed by atoms with E-state index in [0.717, 1.165) is 25.7 Å². The van der Waals surface area contributed by atoms with Gasteiger partial charge in [0.15, 0.2) is 5.69 Å². The molecule has 240 valence electrons. The number of carbonyl (C=O) groups excluding carboxylic acids is 1. The predicted molar refractivity (Wildman–Crippen MR) is 149 cm³/mol. The van der Waals surface area contributed by atoms with Gasteiger partial charge in [0.25, 0.3) is 5.91 Å². The molecule has 2 aliphatic carbocycles. The highest BCUT2D eigenvalue weighted by atomic mass is 35.5. The Hall–Kier alpha value is -2.58. The Kier molecular flexibility index (Phi) is 12.1. The Labute approximate surface area is 254 Å². The van der Waals surface area contributed by atoms with Crippen LogP contribution in [0.4, 0.5) is 22.0 Å². The fourth-order valence-corrected chi connectivity index (χ4v) is 6.16. The molecular formula is C28H35ClF5N3O5S. The van der Waals surface area contributed by atoms with Crippen molar-refractivity contribution in [1.29, 1.82) is 0 Å². The van der Waals surface area contributed by atoms with Crippen molar-refractivity contribution >= 4 is 29.1 Å². The number of nitrogens with one attached hydrogen (secondary N) is 1. The van der Waals surface area contributed by atoms with Crippen LogP contribution in [0.3, 0.4) is 0 Å². The Bertz CT molecular complexity index is 1290. The largest absolute Gasteiger partial charge is 0.434 e. The molecule has 43 heavy (non-hydrogen) atoms. The Morgan fingerprint density at radius 2 is 1.79 bits per heavy atom. The molecule has 2 aromatic rings. The normalized spacial score (nSPS) is 24.2. The van der Waals surface area contributed by atoms with E-state index in [1.54, 1.807) is 6.92 Å². The molecule has 0 radical (unpaired) electrons. The molecule has 2 N–H and O–H groups in total. The number of halogens is 6. The molecule has 2 saturated carbocycles. The van der Waals surface area contributed by atoms with Crippen molar-refractivity contribution in [3.05, 3.63) is 34.5 Å². The van der Waals surface area contributed by atoms with Gasteiger partial charge in [-0.2, -0.15) is 35.5 Å². The van der Waals surface area contributed by atoms with Crippen LogP contribution < -0.4 is 10.1 Å². The summed E-state index contributed by atoms with van der Waals surface area (Å²) >= 11 is 5.87. The maximum absolute atomic E-state index is 13.5. The predicted octanol–water partition coefficient (Wildman–Crippen LogP) is 6.65. The number of rotatable bonds is 8. The molecule has 0 atom stereocenters. The van der Waals surface area contributed by atoms with E-state index < -0.39 is 41.8 Å². The first kappa shape index (κ1) is 34.9. The number of benzene rings is 1. The third kappa shape index (κ3) is 8.75. The van der Waals surface area contributed by atoms with Crippen LogP contribution in [0.5, 0.6) is 5.75 Å². The molecule has 1 amide bonds. The van der Waals surface area contributed by atoms with Crippen molar-refractivity contribution < 1.29 is 45.0 Å². The number of hydrogen-bond acceptors (Lipinski definition) is 6. The minimum absolute atomic E-state index is 0.0344. The second kappa shape index (κ2) is 14.9. The van der Waals surface area contributed by atoms with Gasteiger partial charge in [-0.1, -0.05) is 37.4 Å². The van der Waals surface area contributed by atoms with Crippen molar-refractivity contribution in [2.75, 3.05) is 6.54 Å². The van der Waals surface area contributed by atoms with E-state index in [-0.39, 0.29) is 65.5 Å². The summed E-state index contributed by atoms with van der Waals surface area (Å²) in [4.78, 5) is 13.0. The number of aryl methyl sites for hydroxylation is 1. The zero-order valence-corrected chi connectivity index (χ0v) is 25.3. The van der Waals surface area contributed by atoms with E-state index in [0.29, 0.717) is 18.4 Å². The smallest absolute Gasteiger partial charge is 0.391 e. The first-order valence-corrected chi connectivity index (χ1v) is 15.1. The van der Waals surface area contributed by atoms with Crippen LogP contribution in [0, 0.1) is 17.8 Å². The lowest BCUT2D eigenvalue weighted by molar-refractivity contribution is -0.193. The van der Waals surface area contributed by atoms with Crippen LogP contribution in [0.1, 0.15) is 81.3 Å². The van der Waals surface area contributed by atoms with Gasteiger partial charge in [0, 0.05) is 18.7 Å². The zero-order chi connectivity index (χ0) is 31.9. The minimum Gasteiger partial charge on any atom is -0.434 e. The Balaban J connectivity index is 0.00000162.